The first-order chi connectivity index (χ1) is 14.3. The van der Waals surface area contributed by atoms with Crippen molar-refractivity contribution in [2.75, 3.05) is 50.1 Å². The van der Waals surface area contributed by atoms with Gasteiger partial charge < -0.3 is 25.0 Å². The fourth-order valence-electron chi connectivity index (χ4n) is 3.96. The quantitative estimate of drug-likeness (QED) is 0.653. The first-order valence-corrected chi connectivity index (χ1v) is 10.7. The number of anilines is 2. The number of aryl methyl sites for hydroxylation is 1. The fourth-order valence-corrected chi connectivity index (χ4v) is 3.96. The molecule has 1 fully saturated rings. The van der Waals surface area contributed by atoms with Crippen LogP contribution in [0.3, 0.4) is 0 Å². The number of hydrogen-bond acceptors (Lipinski definition) is 4. The van der Waals surface area contributed by atoms with Gasteiger partial charge in [0.1, 0.15) is 12.3 Å². The highest BCUT2D eigenvalue weighted by Gasteiger charge is 2.16. The van der Waals surface area contributed by atoms with E-state index in [1.807, 2.05) is 44.3 Å². The van der Waals surface area contributed by atoms with Gasteiger partial charge in [0.05, 0.1) is 20.3 Å². The molecule has 1 heterocycles. The van der Waals surface area contributed by atoms with Crippen LogP contribution in [0.1, 0.15) is 36.5 Å². The van der Waals surface area contributed by atoms with Crippen LogP contribution in [0.25, 0.3) is 0 Å². The Kier molecular flexibility index (Phi) is 7.34. The number of rotatable bonds is 7. The van der Waals surface area contributed by atoms with Crippen molar-refractivity contribution in [2.24, 2.45) is 0 Å². The van der Waals surface area contributed by atoms with Crippen LogP contribution in [0, 0.1) is 6.92 Å². The molecule has 3 N–H and O–H groups in total. The van der Waals surface area contributed by atoms with Gasteiger partial charge in [-0.2, -0.15) is 0 Å². The zero-order chi connectivity index (χ0) is 21.7. The molecule has 0 aliphatic carbocycles. The summed E-state index contributed by atoms with van der Waals surface area (Å²) >= 11 is 0. The zero-order valence-electron chi connectivity index (χ0n) is 18.5. The van der Waals surface area contributed by atoms with E-state index in [9.17, 15) is 9.90 Å². The molecule has 1 aliphatic heterocycles. The van der Waals surface area contributed by atoms with E-state index < -0.39 is 0 Å². The van der Waals surface area contributed by atoms with Gasteiger partial charge in [0.25, 0.3) is 5.91 Å². The second kappa shape index (κ2) is 9.96. The van der Waals surface area contributed by atoms with Gasteiger partial charge in [-0.1, -0.05) is 13.8 Å². The molecule has 1 aliphatic rings. The number of nitrogens with one attached hydrogen (secondary N) is 2. The largest absolute Gasteiger partial charge is 0.507 e. The molecule has 6 nitrogen and oxygen atoms in total. The Balaban J connectivity index is 1.55. The molecular formula is C24H34N3O3+. The number of phenols is 1. The number of nitrogens with zero attached hydrogens (tertiary/aromatic N) is 1. The van der Waals surface area contributed by atoms with Crippen molar-refractivity contribution in [3.05, 3.63) is 53.1 Å². The molecule has 1 amide bonds. The third kappa shape index (κ3) is 5.74. The lowest BCUT2D eigenvalue weighted by molar-refractivity contribution is -0.885. The lowest BCUT2D eigenvalue weighted by atomic mass is 9.95. The summed E-state index contributed by atoms with van der Waals surface area (Å²) in [7, 11) is 1.97. The number of phenolic OH excluding ortho intramolecular Hbond substituents is 1. The van der Waals surface area contributed by atoms with E-state index in [0.717, 1.165) is 53.7 Å². The average Bonchev–Trinajstić information content (AvgIpc) is 2.71. The Morgan fingerprint density at radius 2 is 1.87 bits per heavy atom. The minimum Gasteiger partial charge on any atom is -0.507 e. The predicted molar refractivity (Wildman–Crippen MR) is 120 cm³/mol. The van der Waals surface area contributed by atoms with Crippen molar-refractivity contribution in [1.82, 2.24) is 0 Å². The van der Waals surface area contributed by atoms with Crippen LogP contribution in [-0.2, 0) is 16.1 Å². The van der Waals surface area contributed by atoms with E-state index in [4.69, 9.17) is 4.74 Å². The van der Waals surface area contributed by atoms with Gasteiger partial charge in [-0.15, -0.1) is 0 Å². The number of ether oxygens (including phenoxy) is 1. The summed E-state index contributed by atoms with van der Waals surface area (Å²) in [5.41, 5.74) is 5.16. The van der Waals surface area contributed by atoms with Crippen LogP contribution in [-0.4, -0.2) is 50.9 Å². The molecule has 1 unspecified atom stereocenters. The van der Waals surface area contributed by atoms with E-state index in [0.29, 0.717) is 24.8 Å². The second-order valence-corrected chi connectivity index (χ2v) is 8.50. The van der Waals surface area contributed by atoms with Gasteiger partial charge in [0.2, 0.25) is 0 Å². The Morgan fingerprint density at radius 1 is 1.20 bits per heavy atom. The Bertz CT molecular complexity index is 859. The molecule has 30 heavy (non-hydrogen) atoms. The van der Waals surface area contributed by atoms with E-state index in [1.54, 1.807) is 0 Å². The standard InChI is InChI=1S/C24H33N3O3/c1-17(2)22-14-19(23(28)13-18(22)3)15-26(4)16-24(29)25-20-5-7-21(8-6-20)27-9-11-30-12-10-27/h5-8,13-14,17,28H,9-12,15-16H2,1-4H3,(H,25,29)/p+1. The molecule has 1 saturated heterocycles. The first kappa shape index (κ1) is 22.1. The van der Waals surface area contributed by atoms with Crippen molar-refractivity contribution in [3.8, 4) is 5.75 Å². The van der Waals surface area contributed by atoms with E-state index in [-0.39, 0.29) is 5.91 Å². The monoisotopic (exact) mass is 412 g/mol. The summed E-state index contributed by atoms with van der Waals surface area (Å²) in [6.07, 6.45) is 0. The van der Waals surface area contributed by atoms with E-state index in [1.165, 1.54) is 5.56 Å². The Morgan fingerprint density at radius 3 is 2.50 bits per heavy atom. The van der Waals surface area contributed by atoms with E-state index in [2.05, 4.69) is 30.1 Å². The minimum absolute atomic E-state index is 0.0395. The van der Waals surface area contributed by atoms with Gasteiger partial charge >= 0.3 is 0 Å². The minimum atomic E-state index is -0.0395. The number of likely N-dealkylation sites (N-methyl/N-ethyl adjacent to an activating group) is 1. The molecule has 2 aromatic carbocycles. The predicted octanol–water partition coefficient (Wildman–Crippen LogP) is 2.31. The summed E-state index contributed by atoms with van der Waals surface area (Å²) < 4.78 is 5.39. The maximum absolute atomic E-state index is 12.5. The summed E-state index contributed by atoms with van der Waals surface area (Å²) in [6.45, 7) is 10.5. The Hall–Kier alpha value is -2.57. The van der Waals surface area contributed by atoms with Gasteiger partial charge in [-0.3, -0.25) is 4.79 Å². The van der Waals surface area contributed by atoms with Crippen LogP contribution in [0.4, 0.5) is 11.4 Å². The summed E-state index contributed by atoms with van der Waals surface area (Å²) in [5, 5.41) is 13.3. The molecular weight excluding hydrogens is 378 g/mol. The number of hydrogen-bond donors (Lipinski definition) is 3. The highest BCUT2D eigenvalue weighted by molar-refractivity contribution is 5.91. The van der Waals surface area contributed by atoms with Crippen molar-refractivity contribution in [2.45, 2.75) is 33.2 Å². The van der Waals surface area contributed by atoms with Gasteiger partial charge in [0, 0.05) is 30.0 Å². The zero-order valence-corrected chi connectivity index (χ0v) is 18.5. The third-order valence-corrected chi connectivity index (χ3v) is 5.57. The fraction of sp³-hybridized carbons (Fsp3) is 0.458. The molecule has 6 heteroatoms. The number of amides is 1. The first-order valence-electron chi connectivity index (χ1n) is 10.7. The highest BCUT2D eigenvalue weighted by Crippen LogP contribution is 2.26. The molecule has 162 valence electrons. The molecule has 0 bridgehead atoms. The van der Waals surface area contributed by atoms with Crippen LogP contribution in [0.15, 0.2) is 36.4 Å². The smallest absolute Gasteiger partial charge is 0.279 e. The SMILES string of the molecule is Cc1cc(O)c(C[NH+](C)CC(=O)Nc2ccc(N3CCOCC3)cc2)cc1C(C)C. The Labute approximate surface area is 179 Å². The normalized spacial score (nSPS) is 15.3. The van der Waals surface area contributed by atoms with Gasteiger partial charge in [-0.05, 0) is 60.4 Å². The van der Waals surface area contributed by atoms with Crippen LogP contribution >= 0.6 is 0 Å². The summed E-state index contributed by atoms with van der Waals surface area (Å²) in [4.78, 5) is 15.8. The van der Waals surface area contributed by atoms with Crippen LogP contribution in [0.2, 0.25) is 0 Å². The number of carbonyl (C=O) groups excluding carboxylic acids is 1. The molecule has 3 rings (SSSR count). The lowest BCUT2D eigenvalue weighted by Gasteiger charge is -2.28. The number of quaternary nitrogens is 1. The molecule has 0 saturated carbocycles. The molecule has 1 atom stereocenters. The topological polar surface area (TPSA) is 66.2 Å². The third-order valence-electron chi connectivity index (χ3n) is 5.57. The maximum Gasteiger partial charge on any atom is 0.279 e. The van der Waals surface area contributed by atoms with Crippen molar-refractivity contribution >= 4 is 17.3 Å². The van der Waals surface area contributed by atoms with Crippen LogP contribution < -0.4 is 15.1 Å². The highest BCUT2D eigenvalue weighted by atomic mass is 16.5. The van der Waals surface area contributed by atoms with Crippen LogP contribution in [0.5, 0.6) is 5.75 Å². The molecule has 0 spiro atoms. The van der Waals surface area contributed by atoms with E-state index >= 15 is 0 Å². The van der Waals surface area contributed by atoms with Crippen molar-refractivity contribution in [1.29, 1.82) is 0 Å². The number of carbonyl (C=O) groups is 1. The second-order valence-electron chi connectivity index (χ2n) is 8.50. The van der Waals surface area contributed by atoms with Crippen molar-refractivity contribution < 1.29 is 19.5 Å². The number of aromatic hydroxyl groups is 1. The lowest BCUT2D eigenvalue weighted by Crippen LogP contribution is -3.08. The molecule has 2 aromatic rings. The van der Waals surface area contributed by atoms with Gasteiger partial charge in [-0.25, -0.2) is 0 Å². The molecule has 0 aromatic heterocycles. The summed E-state index contributed by atoms with van der Waals surface area (Å²) in [6, 6.07) is 11.9. The average molecular weight is 413 g/mol. The van der Waals surface area contributed by atoms with Gasteiger partial charge in [0.15, 0.2) is 6.54 Å². The number of morpholine rings is 1. The molecule has 0 radical (unpaired) electrons. The summed E-state index contributed by atoms with van der Waals surface area (Å²) in [5.74, 6) is 0.658. The number of benzene rings is 2. The van der Waals surface area contributed by atoms with Crippen molar-refractivity contribution in [3.63, 3.8) is 0 Å². The maximum atomic E-state index is 12.5.